The van der Waals surface area contributed by atoms with Crippen LogP contribution < -0.4 is 0 Å². The molecule has 0 saturated heterocycles. The number of carbonyl (C=O) groups excluding carboxylic acids is 4. The standard InChI is InChI=1S/C74H144O17P2/c1-8-11-12-13-14-34-41-48-55-71(76)84-61-69(90-74(79)58-51-44-37-30-23-21-25-31-38-45-52-65(4)5)63-88-92(80,81)86-59-68(75)60-87-93(82,83)89-64-70(62-85-72(77)56-49-42-35-28-24-22-27-33-40-47-54-67(7)10-3)91-73(78)57-50-43-36-29-20-18-16-15-17-19-26-32-39-46-53-66(6)9-2/h65-70,75H,8-64H2,1-7H3,(H,80,81)(H,82,83)/t66?,67?,68-,69+,70+/m0/s1. The van der Waals surface area contributed by atoms with Gasteiger partial charge in [0.05, 0.1) is 26.4 Å². The monoisotopic (exact) mass is 1370 g/mol. The Kier molecular flexibility index (Phi) is 63.4. The van der Waals surface area contributed by atoms with Crippen molar-refractivity contribution >= 4 is 39.5 Å². The van der Waals surface area contributed by atoms with E-state index in [1.54, 1.807) is 0 Å². The average Bonchev–Trinajstić information content (AvgIpc) is 2.96. The summed E-state index contributed by atoms with van der Waals surface area (Å²) in [6.07, 6.45) is 49.8. The summed E-state index contributed by atoms with van der Waals surface area (Å²) < 4.78 is 68.4. The van der Waals surface area contributed by atoms with Gasteiger partial charge in [-0.3, -0.25) is 37.3 Å². The van der Waals surface area contributed by atoms with Crippen LogP contribution in [0.5, 0.6) is 0 Å². The first kappa shape index (κ1) is 91.1. The van der Waals surface area contributed by atoms with Crippen molar-refractivity contribution in [1.82, 2.24) is 0 Å². The maximum atomic E-state index is 13.1. The van der Waals surface area contributed by atoms with Crippen LogP contribution in [0.4, 0.5) is 0 Å². The van der Waals surface area contributed by atoms with Crippen molar-refractivity contribution in [1.29, 1.82) is 0 Å². The van der Waals surface area contributed by atoms with Crippen molar-refractivity contribution in [3.63, 3.8) is 0 Å². The molecule has 0 spiro atoms. The van der Waals surface area contributed by atoms with Gasteiger partial charge in [-0.15, -0.1) is 0 Å². The number of ether oxygens (including phenoxy) is 4. The van der Waals surface area contributed by atoms with Crippen LogP contribution in [0.2, 0.25) is 0 Å². The van der Waals surface area contributed by atoms with Gasteiger partial charge >= 0.3 is 39.5 Å². The summed E-state index contributed by atoms with van der Waals surface area (Å²) in [5.74, 6) is 0.285. The van der Waals surface area contributed by atoms with Gasteiger partial charge in [0.1, 0.15) is 19.3 Å². The molecular weight excluding hydrogens is 1220 g/mol. The summed E-state index contributed by atoms with van der Waals surface area (Å²) >= 11 is 0. The molecule has 0 aromatic heterocycles. The summed E-state index contributed by atoms with van der Waals surface area (Å²) in [5.41, 5.74) is 0. The van der Waals surface area contributed by atoms with Crippen molar-refractivity contribution in [2.24, 2.45) is 17.8 Å². The number of hydrogen-bond acceptors (Lipinski definition) is 15. The van der Waals surface area contributed by atoms with Gasteiger partial charge in [0.2, 0.25) is 0 Å². The zero-order valence-corrected chi connectivity index (χ0v) is 62.5. The number of rotatable bonds is 72. The van der Waals surface area contributed by atoms with Crippen LogP contribution in [0.25, 0.3) is 0 Å². The van der Waals surface area contributed by atoms with Gasteiger partial charge in [-0.05, 0) is 43.4 Å². The lowest BCUT2D eigenvalue weighted by Crippen LogP contribution is -2.30. The van der Waals surface area contributed by atoms with Crippen LogP contribution in [0.1, 0.15) is 376 Å². The molecule has 0 aliphatic carbocycles. The van der Waals surface area contributed by atoms with Crippen LogP contribution in [-0.4, -0.2) is 96.7 Å². The molecular formula is C74H144O17P2. The summed E-state index contributed by atoms with van der Waals surface area (Å²) in [6.45, 7) is 11.9. The lowest BCUT2D eigenvalue weighted by molar-refractivity contribution is -0.161. The van der Waals surface area contributed by atoms with Gasteiger partial charge in [0.15, 0.2) is 12.2 Å². The first-order valence-corrected chi connectivity index (χ1v) is 41.4. The van der Waals surface area contributed by atoms with E-state index < -0.39 is 97.5 Å². The largest absolute Gasteiger partial charge is 0.472 e. The Bertz CT molecular complexity index is 1820. The first-order valence-electron chi connectivity index (χ1n) is 38.4. The average molecular weight is 1370 g/mol. The number of aliphatic hydroxyl groups is 1. The second kappa shape index (κ2) is 64.7. The predicted molar refractivity (Wildman–Crippen MR) is 377 cm³/mol. The highest BCUT2D eigenvalue weighted by Gasteiger charge is 2.30. The van der Waals surface area contributed by atoms with Gasteiger partial charge in [0, 0.05) is 25.7 Å². The fourth-order valence-corrected chi connectivity index (χ4v) is 12.8. The van der Waals surface area contributed by atoms with E-state index in [0.717, 1.165) is 114 Å². The van der Waals surface area contributed by atoms with Crippen LogP contribution in [0, 0.1) is 17.8 Å². The Morgan fingerprint density at radius 3 is 0.817 bits per heavy atom. The van der Waals surface area contributed by atoms with E-state index in [0.29, 0.717) is 25.7 Å². The Hall–Kier alpha value is -1.94. The molecule has 552 valence electrons. The molecule has 0 amide bonds. The lowest BCUT2D eigenvalue weighted by atomic mass is 9.99. The molecule has 0 fully saturated rings. The number of unbranched alkanes of at least 4 members (excludes halogenated alkanes) is 38. The zero-order valence-electron chi connectivity index (χ0n) is 60.7. The Morgan fingerprint density at radius 2 is 0.548 bits per heavy atom. The van der Waals surface area contributed by atoms with E-state index >= 15 is 0 Å². The molecule has 0 aliphatic rings. The summed E-state index contributed by atoms with van der Waals surface area (Å²) in [5, 5.41) is 10.6. The van der Waals surface area contributed by atoms with Gasteiger partial charge in [0.25, 0.3) is 0 Å². The van der Waals surface area contributed by atoms with Crippen molar-refractivity contribution in [2.75, 3.05) is 39.6 Å². The predicted octanol–water partition coefficient (Wildman–Crippen LogP) is 21.4. The van der Waals surface area contributed by atoms with E-state index in [1.165, 1.54) is 180 Å². The SMILES string of the molecule is CCCCCCCCCCC(=O)OC[C@H](COP(=O)(O)OC[C@H](O)COP(=O)(O)OC[C@@H](COC(=O)CCCCCCCCCCCCC(C)CC)OC(=O)CCCCCCCCCCCCCCCCC(C)CC)OC(=O)CCCCCCCCCCCCC(C)C. The quantitative estimate of drug-likeness (QED) is 0.0222. The fraction of sp³-hybridized carbons (Fsp3) is 0.946. The summed E-state index contributed by atoms with van der Waals surface area (Å²) in [6, 6.07) is 0. The smallest absolute Gasteiger partial charge is 0.462 e. The molecule has 7 atom stereocenters. The Labute approximate surface area is 568 Å². The molecule has 0 aliphatic heterocycles. The van der Waals surface area contributed by atoms with Crippen LogP contribution in [-0.2, 0) is 65.4 Å². The second-order valence-electron chi connectivity index (χ2n) is 27.6. The first-order chi connectivity index (χ1) is 44.8. The van der Waals surface area contributed by atoms with Crippen molar-refractivity contribution < 1.29 is 80.2 Å². The Morgan fingerprint density at radius 1 is 0.312 bits per heavy atom. The molecule has 0 heterocycles. The molecule has 0 aromatic carbocycles. The van der Waals surface area contributed by atoms with Crippen molar-refractivity contribution in [3.05, 3.63) is 0 Å². The maximum absolute atomic E-state index is 13.1. The maximum Gasteiger partial charge on any atom is 0.472 e. The summed E-state index contributed by atoms with van der Waals surface area (Å²) in [4.78, 5) is 72.7. The zero-order chi connectivity index (χ0) is 68.7. The second-order valence-corrected chi connectivity index (χ2v) is 30.6. The number of aliphatic hydroxyl groups excluding tert-OH is 1. The third-order valence-electron chi connectivity index (χ3n) is 17.9. The van der Waals surface area contributed by atoms with E-state index in [2.05, 4.69) is 48.5 Å². The number of hydrogen-bond donors (Lipinski definition) is 3. The minimum atomic E-state index is -4.96. The number of phosphoric acid groups is 2. The molecule has 0 saturated carbocycles. The number of phosphoric ester groups is 2. The molecule has 3 N–H and O–H groups in total. The third kappa shape index (κ3) is 65.8. The molecule has 0 radical (unpaired) electrons. The van der Waals surface area contributed by atoms with Gasteiger partial charge in [-0.25, -0.2) is 9.13 Å². The van der Waals surface area contributed by atoms with E-state index in [9.17, 15) is 43.2 Å². The minimum absolute atomic E-state index is 0.106. The van der Waals surface area contributed by atoms with Crippen molar-refractivity contribution in [2.45, 2.75) is 394 Å². The van der Waals surface area contributed by atoms with E-state index in [-0.39, 0.29) is 25.7 Å². The van der Waals surface area contributed by atoms with E-state index in [4.69, 9.17) is 37.0 Å². The topological polar surface area (TPSA) is 237 Å². The normalized spacial score (nSPS) is 14.7. The van der Waals surface area contributed by atoms with Crippen molar-refractivity contribution in [3.8, 4) is 0 Å². The molecule has 0 bridgehead atoms. The summed E-state index contributed by atoms with van der Waals surface area (Å²) in [7, 11) is -9.91. The molecule has 17 nitrogen and oxygen atoms in total. The molecule has 0 rings (SSSR count). The molecule has 0 aromatic rings. The van der Waals surface area contributed by atoms with Crippen LogP contribution >= 0.6 is 15.6 Å². The van der Waals surface area contributed by atoms with Crippen LogP contribution in [0.15, 0.2) is 0 Å². The molecule has 19 heteroatoms. The highest BCUT2D eigenvalue weighted by atomic mass is 31.2. The van der Waals surface area contributed by atoms with Gasteiger partial charge in [-0.1, -0.05) is 325 Å². The lowest BCUT2D eigenvalue weighted by Gasteiger charge is -2.21. The minimum Gasteiger partial charge on any atom is -0.462 e. The van der Waals surface area contributed by atoms with Gasteiger partial charge < -0.3 is 33.8 Å². The third-order valence-corrected chi connectivity index (χ3v) is 19.8. The highest BCUT2D eigenvalue weighted by molar-refractivity contribution is 7.47. The molecule has 93 heavy (non-hydrogen) atoms. The van der Waals surface area contributed by atoms with Gasteiger partial charge in [-0.2, -0.15) is 0 Å². The van der Waals surface area contributed by atoms with E-state index in [1.807, 2.05) is 0 Å². The molecule has 4 unspecified atom stereocenters. The number of esters is 4. The van der Waals surface area contributed by atoms with Crippen LogP contribution in [0.3, 0.4) is 0 Å². The highest BCUT2D eigenvalue weighted by Crippen LogP contribution is 2.45. The fourth-order valence-electron chi connectivity index (χ4n) is 11.2. The Balaban J connectivity index is 5.23. The number of carbonyl (C=O) groups is 4.